The van der Waals surface area contributed by atoms with Crippen LogP contribution < -0.4 is 5.73 Å². The summed E-state index contributed by atoms with van der Waals surface area (Å²) in [5.41, 5.74) is 6.41. The van der Waals surface area contributed by atoms with Crippen molar-refractivity contribution < 1.29 is 9.59 Å². The summed E-state index contributed by atoms with van der Waals surface area (Å²) in [5, 5.41) is 0. The van der Waals surface area contributed by atoms with E-state index in [4.69, 9.17) is 18.0 Å². The van der Waals surface area contributed by atoms with Gasteiger partial charge in [0.2, 0.25) is 0 Å². The lowest BCUT2D eigenvalue weighted by atomic mass is 10.0. The molecule has 6 nitrogen and oxygen atoms in total. The van der Waals surface area contributed by atoms with Crippen LogP contribution in [0.15, 0.2) is 18.5 Å². The summed E-state index contributed by atoms with van der Waals surface area (Å²) in [6, 6.07) is 1.55. The third-order valence-corrected chi connectivity index (χ3v) is 4.15. The van der Waals surface area contributed by atoms with Crippen LogP contribution in [0.1, 0.15) is 33.6 Å². The molecule has 1 aromatic rings. The molecule has 21 heavy (non-hydrogen) atoms. The molecule has 1 aromatic heterocycles. The molecule has 0 radical (unpaired) electrons. The Morgan fingerprint density at radius 2 is 1.95 bits per heavy atom. The highest BCUT2D eigenvalue weighted by Crippen LogP contribution is 2.27. The van der Waals surface area contributed by atoms with Gasteiger partial charge in [0, 0.05) is 38.1 Å². The standard InChI is InChI=1S/C14H16N4O2S/c15-12(21)8-17-5-2-9(3-6-17)18-13(19)10-1-4-16-7-11(10)14(18)20/h1,4,7,9H,2-3,5-6,8H2,(H2,15,21). The van der Waals surface area contributed by atoms with E-state index in [-0.39, 0.29) is 17.9 Å². The van der Waals surface area contributed by atoms with Crippen LogP contribution in [0.3, 0.4) is 0 Å². The van der Waals surface area contributed by atoms with Crippen LogP contribution in [0.2, 0.25) is 0 Å². The highest BCUT2D eigenvalue weighted by Gasteiger charge is 2.40. The van der Waals surface area contributed by atoms with Gasteiger partial charge in [-0.15, -0.1) is 0 Å². The third-order valence-electron chi connectivity index (χ3n) is 4.02. The number of nitrogens with two attached hydrogens (primary N) is 1. The first-order valence-corrected chi connectivity index (χ1v) is 7.31. The van der Waals surface area contributed by atoms with E-state index < -0.39 is 0 Å². The lowest BCUT2D eigenvalue weighted by Gasteiger charge is -2.35. The summed E-state index contributed by atoms with van der Waals surface area (Å²) in [7, 11) is 0. The number of thiocarbonyl (C=S) groups is 1. The van der Waals surface area contributed by atoms with E-state index in [0.717, 1.165) is 25.9 Å². The van der Waals surface area contributed by atoms with E-state index in [1.54, 1.807) is 6.07 Å². The SMILES string of the molecule is NC(=S)CN1CCC(N2C(=O)c3ccncc3C2=O)CC1. The van der Waals surface area contributed by atoms with Crippen molar-refractivity contribution in [2.75, 3.05) is 19.6 Å². The molecule has 1 fully saturated rings. The summed E-state index contributed by atoms with van der Waals surface area (Å²) < 4.78 is 0. The minimum Gasteiger partial charge on any atom is -0.392 e. The second-order valence-corrected chi connectivity index (χ2v) is 5.90. The maximum atomic E-state index is 12.4. The summed E-state index contributed by atoms with van der Waals surface area (Å²) in [4.78, 5) is 32.7. The first-order chi connectivity index (χ1) is 10.1. The number of fused-ring (bicyclic) bond motifs is 1. The molecule has 0 unspecified atom stereocenters. The van der Waals surface area contributed by atoms with Gasteiger partial charge in [-0.3, -0.25) is 24.4 Å². The predicted octanol–water partition coefficient (Wildman–Crippen LogP) is 0.428. The summed E-state index contributed by atoms with van der Waals surface area (Å²) >= 11 is 4.91. The largest absolute Gasteiger partial charge is 0.392 e. The van der Waals surface area contributed by atoms with Crippen LogP contribution in [-0.2, 0) is 0 Å². The minimum atomic E-state index is -0.226. The maximum absolute atomic E-state index is 12.4. The van der Waals surface area contributed by atoms with Crippen molar-refractivity contribution in [3.05, 3.63) is 29.6 Å². The number of hydrogen-bond donors (Lipinski definition) is 1. The average molecular weight is 304 g/mol. The normalized spacial score (nSPS) is 19.9. The average Bonchev–Trinajstić information content (AvgIpc) is 2.72. The van der Waals surface area contributed by atoms with Gasteiger partial charge in [-0.1, -0.05) is 12.2 Å². The number of likely N-dealkylation sites (tertiary alicyclic amines) is 1. The Morgan fingerprint density at radius 1 is 1.29 bits per heavy atom. The number of nitrogens with zero attached hydrogens (tertiary/aromatic N) is 3. The Bertz CT molecular complexity index is 576. The van der Waals surface area contributed by atoms with Crippen LogP contribution >= 0.6 is 12.2 Å². The van der Waals surface area contributed by atoms with E-state index >= 15 is 0 Å². The van der Waals surface area contributed by atoms with Gasteiger partial charge < -0.3 is 5.73 Å². The van der Waals surface area contributed by atoms with Crippen molar-refractivity contribution in [1.82, 2.24) is 14.8 Å². The van der Waals surface area contributed by atoms with Crippen molar-refractivity contribution in [1.29, 1.82) is 0 Å². The highest BCUT2D eigenvalue weighted by molar-refractivity contribution is 7.80. The van der Waals surface area contributed by atoms with Gasteiger partial charge in [-0.2, -0.15) is 0 Å². The van der Waals surface area contributed by atoms with Crippen LogP contribution in [0, 0.1) is 0 Å². The van der Waals surface area contributed by atoms with E-state index in [1.807, 2.05) is 0 Å². The van der Waals surface area contributed by atoms with Crippen molar-refractivity contribution in [2.24, 2.45) is 5.73 Å². The number of amides is 2. The first-order valence-electron chi connectivity index (χ1n) is 6.90. The fourth-order valence-electron chi connectivity index (χ4n) is 2.99. The zero-order valence-electron chi connectivity index (χ0n) is 11.5. The van der Waals surface area contributed by atoms with Crippen LogP contribution in [0.25, 0.3) is 0 Å². The highest BCUT2D eigenvalue weighted by atomic mass is 32.1. The Morgan fingerprint density at radius 3 is 2.57 bits per heavy atom. The van der Waals surface area contributed by atoms with Gasteiger partial charge >= 0.3 is 0 Å². The second-order valence-electron chi connectivity index (χ2n) is 5.38. The topological polar surface area (TPSA) is 79.5 Å². The monoisotopic (exact) mass is 304 g/mol. The number of piperidine rings is 1. The zero-order chi connectivity index (χ0) is 15.0. The quantitative estimate of drug-likeness (QED) is 0.644. The van der Waals surface area contributed by atoms with E-state index in [2.05, 4.69) is 9.88 Å². The van der Waals surface area contributed by atoms with Gasteiger partial charge in [-0.25, -0.2) is 0 Å². The Labute approximate surface area is 127 Å². The fraction of sp³-hybridized carbons (Fsp3) is 0.429. The van der Waals surface area contributed by atoms with Gasteiger partial charge in [0.25, 0.3) is 11.8 Å². The summed E-state index contributed by atoms with van der Waals surface area (Å²) in [5.74, 6) is -0.430. The second kappa shape index (κ2) is 5.50. The molecule has 2 N–H and O–H groups in total. The molecule has 7 heteroatoms. The Balaban J connectivity index is 1.71. The summed E-state index contributed by atoms with van der Waals surface area (Å²) in [6.45, 7) is 2.16. The lowest BCUT2D eigenvalue weighted by molar-refractivity contribution is 0.0511. The fourth-order valence-corrected chi connectivity index (χ4v) is 3.17. The van der Waals surface area contributed by atoms with E-state index in [9.17, 15) is 9.59 Å². The van der Waals surface area contributed by atoms with E-state index in [0.29, 0.717) is 22.7 Å². The third kappa shape index (κ3) is 2.54. The molecule has 3 rings (SSSR count). The van der Waals surface area contributed by atoms with Gasteiger partial charge in [0.1, 0.15) is 0 Å². The number of imide groups is 1. The minimum absolute atomic E-state index is 0.0556. The molecule has 0 spiro atoms. The molecule has 3 heterocycles. The van der Waals surface area contributed by atoms with Crippen molar-refractivity contribution >= 4 is 29.0 Å². The van der Waals surface area contributed by atoms with Gasteiger partial charge in [-0.05, 0) is 18.9 Å². The molecule has 0 atom stereocenters. The van der Waals surface area contributed by atoms with Gasteiger partial charge in [0.05, 0.1) is 16.1 Å². The number of pyridine rings is 1. The molecule has 2 amide bonds. The Hall–Kier alpha value is -1.86. The number of rotatable bonds is 3. The van der Waals surface area contributed by atoms with Crippen molar-refractivity contribution in [3.63, 3.8) is 0 Å². The predicted molar refractivity (Wildman–Crippen MR) is 81.0 cm³/mol. The number of carbonyl (C=O) groups is 2. The molecule has 0 saturated carbocycles. The molecule has 2 aliphatic rings. The van der Waals surface area contributed by atoms with Crippen molar-refractivity contribution in [3.8, 4) is 0 Å². The van der Waals surface area contributed by atoms with Crippen molar-refractivity contribution in [2.45, 2.75) is 18.9 Å². The zero-order valence-corrected chi connectivity index (χ0v) is 12.3. The molecular formula is C14H16N4O2S. The molecule has 0 aliphatic carbocycles. The number of aromatic nitrogens is 1. The van der Waals surface area contributed by atoms with Crippen LogP contribution in [-0.4, -0.2) is 57.3 Å². The molecule has 2 aliphatic heterocycles. The van der Waals surface area contributed by atoms with Gasteiger partial charge in [0.15, 0.2) is 0 Å². The number of carbonyl (C=O) groups excluding carboxylic acids is 2. The molecule has 0 aromatic carbocycles. The lowest BCUT2D eigenvalue weighted by Crippen LogP contribution is -2.48. The smallest absolute Gasteiger partial charge is 0.263 e. The van der Waals surface area contributed by atoms with Crippen LogP contribution in [0.4, 0.5) is 0 Å². The molecule has 0 bridgehead atoms. The Kier molecular flexibility index (Phi) is 3.69. The maximum Gasteiger partial charge on any atom is 0.263 e. The van der Waals surface area contributed by atoms with Crippen LogP contribution in [0.5, 0.6) is 0 Å². The van der Waals surface area contributed by atoms with E-state index in [1.165, 1.54) is 17.3 Å². The summed E-state index contributed by atoms with van der Waals surface area (Å²) in [6.07, 6.45) is 4.51. The molecule has 1 saturated heterocycles. The molecule has 110 valence electrons. The number of hydrogen-bond acceptors (Lipinski definition) is 5. The first kappa shape index (κ1) is 14.1. The molecular weight excluding hydrogens is 288 g/mol.